The van der Waals surface area contributed by atoms with Gasteiger partial charge in [-0.15, -0.1) is 9.19 Å². The van der Waals surface area contributed by atoms with E-state index in [-0.39, 0.29) is 15.5 Å². The van der Waals surface area contributed by atoms with Crippen LogP contribution in [0.25, 0.3) is 11.4 Å². The molecule has 0 saturated carbocycles. The van der Waals surface area contributed by atoms with Gasteiger partial charge in [0.2, 0.25) is 0 Å². The second-order valence-corrected chi connectivity index (χ2v) is 5.54. The predicted octanol–water partition coefficient (Wildman–Crippen LogP) is 2.09. The normalized spacial score (nSPS) is 12.7. The largest absolute Gasteiger partial charge is 0.518 e. The van der Waals surface area contributed by atoms with Gasteiger partial charge in [-0.2, -0.15) is 21.6 Å². The highest BCUT2D eigenvalue weighted by molar-refractivity contribution is 7.90. The minimum Gasteiger partial charge on any atom is -0.211 e. The van der Waals surface area contributed by atoms with Gasteiger partial charge in [0, 0.05) is 5.56 Å². The summed E-state index contributed by atoms with van der Waals surface area (Å²) in [5, 5.41) is 3.32. The van der Waals surface area contributed by atoms with Crippen molar-refractivity contribution in [3.8, 4) is 11.4 Å². The molecule has 0 amide bonds. The van der Waals surface area contributed by atoms with Crippen molar-refractivity contribution >= 4 is 10.0 Å². The molecule has 0 aliphatic heterocycles. The highest BCUT2D eigenvalue weighted by atomic mass is 32.2. The smallest absolute Gasteiger partial charge is 0.211 e. The Balaban J connectivity index is 2.53. The van der Waals surface area contributed by atoms with Crippen LogP contribution in [0.2, 0.25) is 0 Å². The number of rotatable bonds is 2. The van der Waals surface area contributed by atoms with Gasteiger partial charge < -0.3 is 0 Å². The van der Waals surface area contributed by atoms with Crippen LogP contribution < -0.4 is 0 Å². The van der Waals surface area contributed by atoms with Gasteiger partial charge in [-0.3, -0.25) is 0 Å². The fourth-order valence-corrected chi connectivity index (χ4v) is 2.19. The third-order valence-corrected chi connectivity index (χ3v) is 3.74. The molecule has 108 valence electrons. The Morgan fingerprint density at radius 2 is 1.70 bits per heavy atom. The second-order valence-electron chi connectivity index (χ2n) is 3.78. The molecule has 10 heteroatoms. The van der Waals surface area contributed by atoms with Gasteiger partial charge in [0.25, 0.3) is 0 Å². The number of hydrogen-bond donors (Lipinski definition) is 0. The maximum absolute atomic E-state index is 12.7. The van der Waals surface area contributed by atoms with Gasteiger partial charge in [-0.25, -0.2) is 9.37 Å². The fraction of sp³-hybridized carbons (Fsp3) is 0.200. The van der Waals surface area contributed by atoms with E-state index in [4.69, 9.17) is 0 Å². The number of alkyl halides is 3. The van der Waals surface area contributed by atoms with E-state index in [1.54, 1.807) is 0 Å². The van der Waals surface area contributed by atoms with Crippen molar-refractivity contribution in [1.82, 2.24) is 14.2 Å². The van der Waals surface area contributed by atoms with Crippen molar-refractivity contribution in [3.63, 3.8) is 0 Å². The first kappa shape index (κ1) is 14.4. The molecule has 2 rings (SSSR count). The van der Waals surface area contributed by atoms with Crippen LogP contribution in [0.4, 0.5) is 17.6 Å². The monoisotopic (exact) mass is 309 g/mol. The van der Waals surface area contributed by atoms with Crippen LogP contribution in [-0.4, -0.2) is 28.1 Å². The molecular weight excluding hydrogens is 302 g/mol. The fourth-order valence-electron chi connectivity index (χ4n) is 1.42. The topological polar surface area (TPSA) is 64.8 Å². The average molecular weight is 309 g/mol. The van der Waals surface area contributed by atoms with Crippen molar-refractivity contribution in [2.45, 2.75) is 12.4 Å². The predicted molar refractivity (Wildman–Crippen MR) is 60.5 cm³/mol. The quantitative estimate of drug-likeness (QED) is 0.797. The Hall–Kier alpha value is -1.97. The molecule has 1 heterocycles. The number of nitrogens with zero attached hydrogens (tertiary/aromatic N) is 3. The third-order valence-electron chi connectivity index (χ3n) is 2.35. The number of aromatic nitrogens is 3. The summed E-state index contributed by atoms with van der Waals surface area (Å²) < 4.78 is 72.4. The van der Waals surface area contributed by atoms with Gasteiger partial charge in [-0.1, -0.05) is 0 Å². The van der Waals surface area contributed by atoms with Crippen LogP contribution in [0.15, 0.2) is 24.3 Å². The number of benzene rings is 1. The summed E-state index contributed by atoms with van der Waals surface area (Å²) in [6.45, 7) is 1.07. The van der Waals surface area contributed by atoms with Crippen molar-refractivity contribution in [2.24, 2.45) is 0 Å². The SMILES string of the molecule is Cc1nc(-c2ccc(F)cc2)nn1S(=O)(=O)C(F)(F)F. The van der Waals surface area contributed by atoms with Gasteiger partial charge in [0.15, 0.2) is 5.82 Å². The van der Waals surface area contributed by atoms with E-state index in [1.807, 2.05) is 0 Å². The van der Waals surface area contributed by atoms with Gasteiger partial charge in [-0.05, 0) is 31.2 Å². The average Bonchev–Trinajstić information content (AvgIpc) is 2.71. The maximum atomic E-state index is 12.7. The summed E-state index contributed by atoms with van der Waals surface area (Å²) in [5.41, 5.74) is -5.28. The zero-order valence-electron chi connectivity index (χ0n) is 9.89. The molecule has 0 unspecified atom stereocenters. The molecule has 0 aliphatic carbocycles. The van der Waals surface area contributed by atoms with Gasteiger partial charge in [0.05, 0.1) is 0 Å². The van der Waals surface area contributed by atoms with Crippen LogP contribution in [-0.2, 0) is 10.0 Å². The van der Waals surface area contributed by atoms with Crippen molar-refractivity contribution in [1.29, 1.82) is 0 Å². The van der Waals surface area contributed by atoms with Crippen molar-refractivity contribution < 1.29 is 26.0 Å². The molecule has 0 aliphatic rings. The zero-order valence-corrected chi connectivity index (χ0v) is 10.7. The molecule has 2 aromatic rings. The number of aryl methyl sites for hydroxylation is 1. The Morgan fingerprint density at radius 3 is 2.20 bits per heavy atom. The highest BCUT2D eigenvalue weighted by Gasteiger charge is 2.49. The standard InChI is InChI=1S/C10H7F4N3O2S/c1-6-15-9(7-2-4-8(11)5-3-7)16-17(6)20(18,19)10(12,13)14/h2-5H,1H3. The summed E-state index contributed by atoms with van der Waals surface area (Å²) in [5.74, 6) is -1.23. The van der Waals surface area contributed by atoms with Crippen LogP contribution in [0.5, 0.6) is 0 Å². The summed E-state index contributed by atoms with van der Waals surface area (Å²) >= 11 is 0. The van der Waals surface area contributed by atoms with E-state index in [0.717, 1.165) is 19.1 Å². The molecule has 0 fully saturated rings. The van der Waals surface area contributed by atoms with Crippen molar-refractivity contribution in [3.05, 3.63) is 35.9 Å². The Bertz CT molecular complexity index is 735. The summed E-state index contributed by atoms with van der Waals surface area (Å²) in [7, 11) is -5.63. The van der Waals surface area contributed by atoms with Gasteiger partial charge in [0.1, 0.15) is 11.6 Å². The molecule has 0 radical (unpaired) electrons. The summed E-state index contributed by atoms with van der Waals surface area (Å²) in [6.07, 6.45) is 0. The number of hydrogen-bond acceptors (Lipinski definition) is 4. The molecule has 1 aromatic heterocycles. The summed E-state index contributed by atoms with van der Waals surface area (Å²) in [6, 6.07) is 4.58. The highest BCUT2D eigenvalue weighted by Crippen LogP contribution is 2.26. The second kappa shape index (κ2) is 4.54. The minimum absolute atomic E-state index is 0.189. The zero-order chi connectivity index (χ0) is 15.1. The Kier molecular flexibility index (Phi) is 3.28. The lowest BCUT2D eigenvalue weighted by Gasteiger charge is -2.07. The van der Waals surface area contributed by atoms with E-state index >= 15 is 0 Å². The first-order valence-corrected chi connectivity index (χ1v) is 6.58. The molecular formula is C10H7F4N3O2S. The molecule has 1 aromatic carbocycles. The Labute approximate surface area is 110 Å². The molecule has 20 heavy (non-hydrogen) atoms. The number of halogens is 4. The van der Waals surface area contributed by atoms with Crippen LogP contribution in [0.1, 0.15) is 5.82 Å². The van der Waals surface area contributed by atoms with Crippen LogP contribution in [0.3, 0.4) is 0 Å². The molecule has 0 spiro atoms. The van der Waals surface area contributed by atoms with Crippen LogP contribution >= 0.6 is 0 Å². The maximum Gasteiger partial charge on any atom is 0.518 e. The van der Waals surface area contributed by atoms with Crippen LogP contribution in [0, 0.1) is 12.7 Å². The lowest BCUT2D eigenvalue weighted by molar-refractivity contribution is -0.0450. The van der Waals surface area contributed by atoms with E-state index in [9.17, 15) is 26.0 Å². The summed E-state index contributed by atoms with van der Waals surface area (Å²) in [4.78, 5) is 3.64. The molecule has 0 atom stereocenters. The minimum atomic E-state index is -5.63. The van der Waals surface area contributed by atoms with E-state index < -0.39 is 27.2 Å². The molecule has 5 nitrogen and oxygen atoms in total. The first-order chi connectivity index (χ1) is 9.13. The third kappa shape index (κ3) is 2.38. The van der Waals surface area contributed by atoms with Crippen molar-refractivity contribution in [2.75, 3.05) is 0 Å². The lowest BCUT2D eigenvalue weighted by atomic mass is 10.2. The van der Waals surface area contributed by atoms with E-state index in [0.29, 0.717) is 0 Å². The molecule has 0 N–H and O–H groups in total. The first-order valence-electron chi connectivity index (χ1n) is 5.14. The Morgan fingerprint density at radius 1 is 1.15 bits per heavy atom. The molecule has 0 bridgehead atoms. The van der Waals surface area contributed by atoms with E-state index in [2.05, 4.69) is 10.1 Å². The van der Waals surface area contributed by atoms with E-state index in [1.165, 1.54) is 12.1 Å². The molecule has 0 saturated heterocycles. The van der Waals surface area contributed by atoms with Gasteiger partial charge >= 0.3 is 15.5 Å². The lowest BCUT2D eigenvalue weighted by Crippen LogP contribution is -2.31.